The molecule has 0 heterocycles. The summed E-state index contributed by atoms with van der Waals surface area (Å²) in [6.45, 7) is 5.72. The van der Waals surface area contributed by atoms with E-state index in [1.807, 2.05) is 0 Å². The molecule has 44 valence electrons. The molecule has 0 aliphatic rings. The van der Waals surface area contributed by atoms with Gasteiger partial charge >= 0.3 is 50.0 Å². The molecule has 0 amide bonds. The molecule has 0 aromatic carbocycles. The Hall–Kier alpha value is 2.17. The molecule has 0 nitrogen and oxygen atoms in total. The fraction of sp³-hybridized carbons (Fsp3) is 0.750. The van der Waals surface area contributed by atoms with Gasteiger partial charge in [0.05, 0.1) is 0 Å². The predicted octanol–water partition coefficient (Wildman–Crippen LogP) is 3.39. The Morgan fingerprint density at radius 2 is 1.71 bits per heavy atom. The van der Waals surface area contributed by atoms with E-state index in [0.29, 0.717) is 11.7 Å². The molecule has 0 N–H and O–H groups in total. The zero-order valence-electron chi connectivity index (χ0n) is 4.38. The van der Waals surface area contributed by atoms with Gasteiger partial charge in [0.2, 0.25) is 0 Å². The van der Waals surface area contributed by atoms with Crippen LogP contribution < -0.4 is 0 Å². The fourth-order valence-corrected chi connectivity index (χ4v) is 0. The molecule has 0 saturated carbocycles. The molecule has 0 fully saturated rings. The molecule has 0 saturated heterocycles. The van der Waals surface area contributed by atoms with Gasteiger partial charge in [-0.25, -0.2) is 0 Å². The molecule has 0 atom stereocenters. The summed E-state index contributed by atoms with van der Waals surface area (Å²) in [5.41, 5.74) is 0. The maximum atomic E-state index is 3.60. The van der Waals surface area contributed by atoms with Crippen molar-refractivity contribution in [2.24, 2.45) is 0 Å². The summed E-state index contributed by atoms with van der Waals surface area (Å²) in [5.74, 6) is 0. The van der Waals surface area contributed by atoms with E-state index in [-0.39, 0.29) is 0 Å². The van der Waals surface area contributed by atoms with E-state index < -0.39 is 0 Å². The Morgan fingerprint density at radius 3 is 1.71 bits per heavy atom. The van der Waals surface area contributed by atoms with Crippen molar-refractivity contribution in [3.8, 4) is 0 Å². The third-order valence-electron chi connectivity index (χ3n) is 0.354. The Balaban J connectivity index is 0. The molecule has 0 aliphatic heterocycles. The van der Waals surface area contributed by atoms with Gasteiger partial charge < -0.3 is 6.92 Å². The third kappa shape index (κ3) is 30.9. The van der Waals surface area contributed by atoms with Crippen molar-refractivity contribution >= 4 is 38.4 Å². The Morgan fingerprint density at radius 1 is 1.57 bits per heavy atom. The first kappa shape index (κ1) is 11.9. The summed E-state index contributed by atoms with van der Waals surface area (Å²) in [6.07, 6.45) is 2.28. The summed E-state index contributed by atoms with van der Waals surface area (Å²) in [7, 11) is 0. The summed E-state index contributed by atoms with van der Waals surface area (Å²) in [5, 5.41) is 0. The van der Waals surface area contributed by atoms with Gasteiger partial charge in [0, 0.05) is 0 Å². The van der Waals surface area contributed by atoms with E-state index in [9.17, 15) is 0 Å². The number of rotatable bonds is 1. The predicted molar refractivity (Wildman–Crippen MR) is 48.3 cm³/mol. The SMILES string of the molecule is [CH2-]CCC.[I][Ti][I]. The fourth-order valence-electron chi connectivity index (χ4n) is 0. The van der Waals surface area contributed by atoms with E-state index in [0.717, 1.165) is 6.42 Å². The minimum atomic E-state index is 0.440. The number of halogens is 2. The topological polar surface area (TPSA) is 0 Å². The van der Waals surface area contributed by atoms with Crippen molar-refractivity contribution in [2.45, 2.75) is 19.8 Å². The van der Waals surface area contributed by atoms with Crippen molar-refractivity contribution in [2.75, 3.05) is 0 Å². The van der Waals surface area contributed by atoms with Gasteiger partial charge in [0.1, 0.15) is 0 Å². The van der Waals surface area contributed by atoms with Gasteiger partial charge in [-0.15, -0.1) is 0 Å². The van der Waals surface area contributed by atoms with Gasteiger partial charge in [-0.3, -0.25) is 0 Å². The van der Waals surface area contributed by atoms with E-state index in [2.05, 4.69) is 52.2 Å². The van der Waals surface area contributed by atoms with Gasteiger partial charge in [0.15, 0.2) is 0 Å². The maximum absolute atomic E-state index is 3.60. The molecular weight excluding hydrogens is 350 g/mol. The second kappa shape index (κ2) is 15.7. The number of hydrogen-bond acceptors (Lipinski definition) is 0. The van der Waals surface area contributed by atoms with Crippen molar-refractivity contribution in [1.29, 1.82) is 0 Å². The zero-order chi connectivity index (χ0) is 6.12. The zero-order valence-corrected chi connectivity index (χ0v) is 10.3. The van der Waals surface area contributed by atoms with Crippen LogP contribution in [0, 0.1) is 6.92 Å². The number of unbranched alkanes of at least 4 members (excludes halogenated alkanes) is 1. The van der Waals surface area contributed by atoms with E-state index in [4.69, 9.17) is 0 Å². The molecule has 0 aromatic rings. The van der Waals surface area contributed by atoms with Crippen molar-refractivity contribution < 1.29 is 11.7 Å². The number of hydrogen-bond donors (Lipinski definition) is 0. The molecule has 7 heavy (non-hydrogen) atoms. The summed E-state index contributed by atoms with van der Waals surface area (Å²) < 4.78 is 0. The van der Waals surface area contributed by atoms with Crippen molar-refractivity contribution in [1.82, 2.24) is 0 Å². The quantitative estimate of drug-likeness (QED) is 0.383. The molecule has 0 unspecified atom stereocenters. The van der Waals surface area contributed by atoms with Gasteiger partial charge in [-0.05, 0) is 0 Å². The summed E-state index contributed by atoms with van der Waals surface area (Å²) in [6, 6.07) is 0. The Kier molecular flexibility index (Phi) is 26.7. The molecule has 0 rings (SSSR count). The average Bonchev–Trinajstić information content (AvgIpc) is 1.69. The second-order valence-corrected chi connectivity index (χ2v) is 14.1. The van der Waals surface area contributed by atoms with Crippen LogP contribution in [0.15, 0.2) is 0 Å². The first-order chi connectivity index (χ1) is 3.33. The van der Waals surface area contributed by atoms with Gasteiger partial charge in [0.25, 0.3) is 0 Å². The first-order valence-electron chi connectivity index (χ1n) is 2.09. The van der Waals surface area contributed by atoms with Crippen molar-refractivity contribution in [3.05, 3.63) is 6.92 Å². The monoisotopic (exact) mass is 359 g/mol. The van der Waals surface area contributed by atoms with Crippen LogP contribution >= 0.6 is 38.4 Å². The van der Waals surface area contributed by atoms with Crippen LogP contribution in [-0.4, -0.2) is 0 Å². The van der Waals surface area contributed by atoms with Crippen LogP contribution in [0.1, 0.15) is 19.8 Å². The van der Waals surface area contributed by atoms with E-state index in [1.165, 1.54) is 6.42 Å². The van der Waals surface area contributed by atoms with Crippen molar-refractivity contribution in [3.63, 3.8) is 0 Å². The van der Waals surface area contributed by atoms with E-state index >= 15 is 0 Å². The van der Waals surface area contributed by atoms with Crippen LogP contribution in [0.4, 0.5) is 0 Å². The summed E-state index contributed by atoms with van der Waals surface area (Å²) >= 11 is 5.24. The molecule has 0 radical (unpaired) electrons. The van der Waals surface area contributed by atoms with Crippen LogP contribution in [0.3, 0.4) is 0 Å². The molecule has 0 spiro atoms. The van der Waals surface area contributed by atoms with Gasteiger partial charge in [-0.1, -0.05) is 13.3 Å². The van der Waals surface area contributed by atoms with Crippen LogP contribution in [-0.2, 0) is 11.7 Å². The second-order valence-electron chi connectivity index (χ2n) is 0.925. The first-order valence-corrected chi connectivity index (χ1v) is 12.2. The normalized spacial score (nSPS) is 6.29. The third-order valence-corrected chi connectivity index (χ3v) is 0.354. The summed E-state index contributed by atoms with van der Waals surface area (Å²) in [4.78, 5) is 0. The van der Waals surface area contributed by atoms with Crippen LogP contribution in [0.2, 0.25) is 0 Å². The van der Waals surface area contributed by atoms with Gasteiger partial charge in [-0.2, -0.15) is 6.42 Å². The van der Waals surface area contributed by atoms with E-state index in [1.54, 1.807) is 0 Å². The standard InChI is InChI=1S/C4H9.2HI.Ti/c1-3-4-2;;;/h1,3-4H2,2H3;2*1H;/q-1;;;+2/p-2. The molecule has 0 aromatic heterocycles. The Bertz CT molecular complexity index is 17.2. The molecule has 3 heteroatoms. The molecule has 0 bridgehead atoms. The minimum absolute atomic E-state index is 0.440. The van der Waals surface area contributed by atoms with Crippen LogP contribution in [0.25, 0.3) is 0 Å². The molecular formula is C4H9I2Ti-. The van der Waals surface area contributed by atoms with Crippen LogP contribution in [0.5, 0.6) is 0 Å². The average molecular weight is 359 g/mol. The molecule has 0 aliphatic carbocycles. The Labute approximate surface area is 75.5 Å².